The number of benzene rings is 2. The van der Waals surface area contributed by atoms with E-state index in [4.69, 9.17) is 4.74 Å². The van der Waals surface area contributed by atoms with Gasteiger partial charge in [0.15, 0.2) is 0 Å². The van der Waals surface area contributed by atoms with Gasteiger partial charge in [0.05, 0.1) is 18.3 Å². The molecule has 4 heteroatoms. The molecular weight excluding hydrogens is 324 g/mol. The van der Waals surface area contributed by atoms with Crippen molar-refractivity contribution in [1.29, 1.82) is 0 Å². The molecule has 136 valence electrons. The molecule has 2 fully saturated rings. The van der Waals surface area contributed by atoms with E-state index in [1.54, 1.807) is 7.11 Å². The lowest BCUT2D eigenvalue weighted by molar-refractivity contribution is 0.0184. The average Bonchev–Trinajstić information content (AvgIpc) is 2.87. The van der Waals surface area contributed by atoms with Gasteiger partial charge in [-0.1, -0.05) is 42.5 Å². The second-order valence-corrected chi connectivity index (χ2v) is 7.38. The Hall–Kier alpha value is -2.33. The molecule has 1 N–H and O–H groups in total. The van der Waals surface area contributed by atoms with Crippen molar-refractivity contribution in [1.82, 2.24) is 10.2 Å². The molecule has 2 heterocycles. The highest BCUT2D eigenvalue weighted by atomic mass is 16.5. The Balaban J connectivity index is 1.59. The first-order chi connectivity index (χ1) is 12.7. The van der Waals surface area contributed by atoms with Gasteiger partial charge in [-0.15, -0.1) is 0 Å². The maximum Gasteiger partial charge on any atom is 0.256 e. The van der Waals surface area contributed by atoms with Crippen LogP contribution in [0.5, 0.6) is 5.75 Å². The third-order valence-electron chi connectivity index (χ3n) is 5.90. The van der Waals surface area contributed by atoms with Crippen LogP contribution in [0.4, 0.5) is 0 Å². The van der Waals surface area contributed by atoms with Gasteiger partial charge in [0.1, 0.15) is 5.75 Å². The molecule has 2 bridgehead atoms. The van der Waals surface area contributed by atoms with E-state index in [0.717, 1.165) is 25.8 Å². The maximum absolute atomic E-state index is 13.1. The molecule has 0 aromatic heterocycles. The summed E-state index contributed by atoms with van der Waals surface area (Å²) in [5.74, 6) is 0.587. The minimum Gasteiger partial charge on any atom is -0.496 e. The quantitative estimate of drug-likeness (QED) is 0.887. The maximum atomic E-state index is 13.1. The zero-order chi connectivity index (χ0) is 18.0. The summed E-state index contributed by atoms with van der Waals surface area (Å²) < 4.78 is 5.38. The third-order valence-corrected chi connectivity index (χ3v) is 5.90. The van der Waals surface area contributed by atoms with Crippen LogP contribution in [0.1, 0.15) is 48.0 Å². The van der Waals surface area contributed by atoms with Gasteiger partial charge in [-0.3, -0.25) is 9.69 Å². The molecule has 26 heavy (non-hydrogen) atoms. The second-order valence-electron chi connectivity index (χ2n) is 7.38. The largest absolute Gasteiger partial charge is 0.496 e. The number of rotatable bonds is 5. The molecule has 2 atom stereocenters. The Bertz CT molecular complexity index is 773. The molecule has 4 nitrogen and oxygen atoms in total. The highest BCUT2D eigenvalue weighted by Gasteiger charge is 2.49. The molecule has 2 aromatic carbocycles. The van der Waals surface area contributed by atoms with Crippen molar-refractivity contribution in [2.45, 2.75) is 50.4 Å². The smallest absolute Gasteiger partial charge is 0.256 e. The first-order valence-electron chi connectivity index (χ1n) is 9.48. The number of carbonyl (C=O) groups is 1. The Labute approximate surface area is 155 Å². The lowest BCUT2D eigenvalue weighted by Crippen LogP contribution is -2.60. The fourth-order valence-corrected chi connectivity index (χ4v) is 4.62. The van der Waals surface area contributed by atoms with Crippen molar-refractivity contribution in [2.24, 2.45) is 0 Å². The summed E-state index contributed by atoms with van der Waals surface area (Å²) in [5.41, 5.74) is 1.67. The summed E-state index contributed by atoms with van der Waals surface area (Å²) in [6.07, 6.45) is 5.57. The summed E-state index contributed by atoms with van der Waals surface area (Å²) in [6, 6.07) is 18.6. The first kappa shape index (κ1) is 17.1. The van der Waals surface area contributed by atoms with Gasteiger partial charge in [-0.05, 0) is 49.8 Å². The number of hydrogen-bond acceptors (Lipinski definition) is 3. The van der Waals surface area contributed by atoms with E-state index in [2.05, 4.69) is 34.5 Å². The molecule has 0 aliphatic carbocycles. The number of amides is 1. The van der Waals surface area contributed by atoms with Gasteiger partial charge in [-0.2, -0.15) is 0 Å². The fourth-order valence-electron chi connectivity index (χ4n) is 4.62. The minimum atomic E-state index is -0.239. The van der Waals surface area contributed by atoms with Crippen molar-refractivity contribution in [3.63, 3.8) is 0 Å². The predicted molar refractivity (Wildman–Crippen MR) is 102 cm³/mol. The average molecular weight is 350 g/mol. The standard InChI is InChI=1S/C22H26N2O2/c1-26-20-12-6-5-11-19(20)21(25)23-22-14-7-10-18(13-15-22)24(22)16-17-8-3-2-4-9-17/h2-6,8-9,11-12,18H,7,10,13-16H2,1H3,(H,23,25). The minimum absolute atomic E-state index is 0.0388. The molecule has 2 unspecified atom stereocenters. The number of piperidine rings is 1. The van der Waals surface area contributed by atoms with Crippen molar-refractivity contribution < 1.29 is 9.53 Å². The van der Waals surface area contributed by atoms with E-state index < -0.39 is 0 Å². The van der Waals surface area contributed by atoms with Crippen molar-refractivity contribution in [2.75, 3.05) is 7.11 Å². The van der Waals surface area contributed by atoms with E-state index in [0.29, 0.717) is 17.4 Å². The van der Waals surface area contributed by atoms with Crippen molar-refractivity contribution >= 4 is 5.91 Å². The molecule has 0 radical (unpaired) electrons. The molecule has 2 aliphatic heterocycles. The second kappa shape index (κ2) is 7.12. The molecule has 2 aromatic rings. The number of fused-ring (bicyclic) bond motifs is 2. The molecule has 1 amide bonds. The van der Waals surface area contributed by atoms with E-state index in [-0.39, 0.29) is 11.6 Å². The summed E-state index contributed by atoms with van der Waals surface area (Å²) in [7, 11) is 1.61. The van der Waals surface area contributed by atoms with E-state index in [1.807, 2.05) is 30.3 Å². The van der Waals surface area contributed by atoms with Crippen LogP contribution in [0.3, 0.4) is 0 Å². The Kier molecular flexibility index (Phi) is 4.68. The predicted octanol–water partition coefficient (Wildman–Crippen LogP) is 3.97. The summed E-state index contributed by atoms with van der Waals surface area (Å²) in [4.78, 5) is 15.6. The summed E-state index contributed by atoms with van der Waals surface area (Å²) >= 11 is 0. The van der Waals surface area contributed by atoms with Crippen LogP contribution in [0.2, 0.25) is 0 Å². The molecule has 4 rings (SSSR count). The third kappa shape index (κ3) is 3.10. The zero-order valence-electron chi connectivity index (χ0n) is 15.3. The molecule has 0 saturated carbocycles. The normalized spacial score (nSPS) is 25.0. The highest BCUT2D eigenvalue weighted by molar-refractivity contribution is 5.97. The van der Waals surface area contributed by atoms with Crippen molar-refractivity contribution in [3.05, 3.63) is 65.7 Å². The Morgan fingerprint density at radius 1 is 1.12 bits per heavy atom. The monoisotopic (exact) mass is 350 g/mol. The van der Waals surface area contributed by atoms with Crippen LogP contribution >= 0.6 is 0 Å². The molecular formula is C22H26N2O2. The van der Waals surface area contributed by atoms with E-state index in [9.17, 15) is 4.79 Å². The summed E-state index contributed by atoms with van der Waals surface area (Å²) in [5, 5.41) is 3.39. The van der Waals surface area contributed by atoms with Gasteiger partial charge in [0.2, 0.25) is 0 Å². The van der Waals surface area contributed by atoms with Crippen LogP contribution in [0, 0.1) is 0 Å². The number of nitrogens with one attached hydrogen (secondary N) is 1. The topological polar surface area (TPSA) is 41.6 Å². The van der Waals surface area contributed by atoms with Crippen LogP contribution in [-0.2, 0) is 6.54 Å². The SMILES string of the molecule is COc1ccccc1C(=O)NC12CCCC(CC1)N2Cc1ccccc1. The lowest BCUT2D eigenvalue weighted by atomic mass is 9.95. The molecule has 2 aliphatic rings. The van der Waals surface area contributed by atoms with E-state index >= 15 is 0 Å². The number of hydrogen-bond donors (Lipinski definition) is 1. The number of para-hydroxylation sites is 1. The van der Waals surface area contributed by atoms with Gasteiger partial charge < -0.3 is 10.1 Å². The van der Waals surface area contributed by atoms with Crippen LogP contribution in [0.15, 0.2) is 54.6 Å². The number of nitrogens with zero attached hydrogens (tertiary/aromatic N) is 1. The number of ether oxygens (including phenoxy) is 1. The number of carbonyl (C=O) groups excluding carboxylic acids is 1. The molecule has 2 saturated heterocycles. The molecule has 0 spiro atoms. The van der Waals surface area contributed by atoms with Gasteiger partial charge in [0, 0.05) is 12.6 Å². The van der Waals surface area contributed by atoms with Gasteiger partial charge in [0.25, 0.3) is 5.91 Å². The zero-order valence-corrected chi connectivity index (χ0v) is 15.3. The lowest BCUT2D eigenvalue weighted by Gasteiger charge is -2.45. The Morgan fingerprint density at radius 2 is 1.88 bits per heavy atom. The summed E-state index contributed by atoms with van der Waals surface area (Å²) in [6.45, 7) is 0.887. The van der Waals surface area contributed by atoms with Crippen molar-refractivity contribution in [3.8, 4) is 5.75 Å². The van der Waals surface area contributed by atoms with Crippen LogP contribution in [0.25, 0.3) is 0 Å². The fraction of sp³-hybridized carbons (Fsp3) is 0.409. The van der Waals surface area contributed by atoms with Crippen LogP contribution < -0.4 is 10.1 Å². The van der Waals surface area contributed by atoms with E-state index in [1.165, 1.54) is 18.4 Å². The Morgan fingerprint density at radius 3 is 2.69 bits per heavy atom. The van der Waals surface area contributed by atoms with Gasteiger partial charge >= 0.3 is 0 Å². The van der Waals surface area contributed by atoms with Crippen LogP contribution in [-0.4, -0.2) is 29.6 Å². The van der Waals surface area contributed by atoms with Gasteiger partial charge in [-0.25, -0.2) is 0 Å². The first-order valence-corrected chi connectivity index (χ1v) is 9.48. The number of methoxy groups -OCH3 is 1. The highest BCUT2D eigenvalue weighted by Crippen LogP contribution is 2.43.